The smallest absolute Gasteiger partial charge is 0.253 e. The van der Waals surface area contributed by atoms with Gasteiger partial charge in [-0.05, 0) is 43.4 Å². The maximum Gasteiger partial charge on any atom is 0.253 e. The van der Waals surface area contributed by atoms with Crippen LogP contribution < -0.4 is 4.74 Å². The van der Waals surface area contributed by atoms with Crippen molar-refractivity contribution in [3.05, 3.63) is 29.3 Å². The van der Waals surface area contributed by atoms with Gasteiger partial charge >= 0.3 is 0 Å². The summed E-state index contributed by atoms with van der Waals surface area (Å²) in [6.45, 7) is 8.42. The Morgan fingerprint density at radius 3 is 2.48 bits per heavy atom. The molecule has 0 atom stereocenters. The number of nitrogens with zero attached hydrogens (tertiary/aromatic N) is 2. The van der Waals surface area contributed by atoms with Crippen molar-refractivity contribution in [3.8, 4) is 5.75 Å². The van der Waals surface area contributed by atoms with Gasteiger partial charge in [0.25, 0.3) is 5.91 Å². The average molecular weight is 348 g/mol. The van der Waals surface area contributed by atoms with Crippen molar-refractivity contribution < 1.29 is 13.9 Å². The molecule has 1 amide bonds. The number of rotatable bonds is 4. The second-order valence-corrected chi connectivity index (χ2v) is 7.80. The van der Waals surface area contributed by atoms with Gasteiger partial charge in [0.1, 0.15) is 11.4 Å². The molecular weight excluding hydrogens is 319 g/mol. The quantitative estimate of drug-likeness (QED) is 0.837. The second-order valence-electron chi connectivity index (χ2n) is 7.80. The van der Waals surface area contributed by atoms with Crippen molar-refractivity contribution in [1.29, 1.82) is 0 Å². The topological polar surface area (TPSA) is 32.8 Å². The fraction of sp³-hybridized carbons (Fsp3) is 0.650. The molecule has 1 aromatic carbocycles. The summed E-state index contributed by atoms with van der Waals surface area (Å²) < 4.78 is 19.8. The van der Waals surface area contributed by atoms with E-state index in [1.54, 1.807) is 7.11 Å². The lowest BCUT2D eigenvalue weighted by atomic mass is 9.82. The molecule has 5 heteroatoms. The van der Waals surface area contributed by atoms with Crippen LogP contribution in [0.3, 0.4) is 0 Å². The van der Waals surface area contributed by atoms with Gasteiger partial charge in [-0.2, -0.15) is 0 Å². The molecular formula is C20H29FN2O2. The molecule has 0 bridgehead atoms. The predicted molar refractivity (Wildman–Crippen MR) is 96.9 cm³/mol. The van der Waals surface area contributed by atoms with Crippen LogP contribution in [0, 0.1) is 12.8 Å². The van der Waals surface area contributed by atoms with Gasteiger partial charge in [-0.15, -0.1) is 0 Å². The minimum Gasteiger partial charge on any atom is -0.496 e. The maximum absolute atomic E-state index is 14.4. The number of halogens is 1. The molecule has 0 spiro atoms. The molecule has 4 nitrogen and oxygen atoms in total. The van der Waals surface area contributed by atoms with Crippen LogP contribution in [0.15, 0.2) is 18.2 Å². The molecule has 0 aromatic heterocycles. The Labute approximate surface area is 149 Å². The number of aryl methyl sites for hydroxylation is 1. The van der Waals surface area contributed by atoms with Crippen molar-refractivity contribution in [3.63, 3.8) is 0 Å². The zero-order valence-corrected chi connectivity index (χ0v) is 15.7. The zero-order valence-electron chi connectivity index (χ0n) is 15.7. The molecule has 0 N–H and O–H groups in total. The summed E-state index contributed by atoms with van der Waals surface area (Å²) >= 11 is 0. The van der Waals surface area contributed by atoms with Gasteiger partial charge in [-0.3, -0.25) is 9.69 Å². The molecule has 0 aliphatic carbocycles. The van der Waals surface area contributed by atoms with Crippen molar-refractivity contribution in [1.82, 2.24) is 9.80 Å². The molecule has 3 rings (SSSR count). The molecule has 0 saturated carbocycles. The highest BCUT2D eigenvalue weighted by Crippen LogP contribution is 2.36. The number of amides is 1. The lowest BCUT2D eigenvalue weighted by Crippen LogP contribution is -2.65. The Morgan fingerprint density at radius 1 is 1.28 bits per heavy atom. The Bertz CT molecular complexity index is 633. The first kappa shape index (κ1) is 18.2. The third-order valence-corrected chi connectivity index (χ3v) is 5.89. The highest BCUT2D eigenvalue weighted by molar-refractivity contribution is 5.94. The van der Waals surface area contributed by atoms with E-state index in [1.807, 2.05) is 43.9 Å². The minimum atomic E-state index is -1.02. The summed E-state index contributed by atoms with van der Waals surface area (Å²) in [5, 5.41) is 0. The first-order chi connectivity index (χ1) is 11.8. The number of carbonyl (C=O) groups is 1. The van der Waals surface area contributed by atoms with E-state index in [9.17, 15) is 9.18 Å². The third-order valence-electron chi connectivity index (χ3n) is 5.89. The van der Waals surface area contributed by atoms with Gasteiger partial charge in [0.15, 0.2) is 0 Å². The molecule has 2 aliphatic rings. The van der Waals surface area contributed by atoms with E-state index in [0.717, 1.165) is 37.2 Å². The van der Waals surface area contributed by atoms with Crippen LogP contribution in [0.1, 0.15) is 42.6 Å². The Balaban J connectivity index is 1.55. The number of methoxy groups -OCH3 is 1. The number of hydrogen-bond acceptors (Lipinski definition) is 3. The van der Waals surface area contributed by atoms with Crippen molar-refractivity contribution in [2.24, 2.45) is 5.92 Å². The normalized spacial score (nSPS) is 21.3. The van der Waals surface area contributed by atoms with Crippen molar-refractivity contribution in [2.75, 3.05) is 33.3 Å². The summed E-state index contributed by atoms with van der Waals surface area (Å²) in [4.78, 5) is 16.9. The first-order valence-corrected chi connectivity index (χ1v) is 9.21. The van der Waals surface area contributed by atoms with Crippen molar-refractivity contribution in [2.45, 2.75) is 45.3 Å². The van der Waals surface area contributed by atoms with Gasteiger partial charge in [-0.25, -0.2) is 4.39 Å². The van der Waals surface area contributed by atoms with Gasteiger partial charge in [0.05, 0.1) is 7.11 Å². The molecule has 0 unspecified atom stereocenters. The average Bonchev–Trinajstić information content (AvgIpc) is 2.58. The molecule has 2 heterocycles. The molecule has 138 valence electrons. The van der Waals surface area contributed by atoms with E-state index in [4.69, 9.17) is 4.74 Å². The first-order valence-electron chi connectivity index (χ1n) is 9.21. The number of piperidine rings is 1. The molecule has 0 radical (unpaired) electrons. The molecule has 2 aliphatic heterocycles. The monoisotopic (exact) mass is 348 g/mol. The summed E-state index contributed by atoms with van der Waals surface area (Å²) in [7, 11) is 1.62. The number of benzene rings is 1. The van der Waals surface area contributed by atoms with E-state index < -0.39 is 5.67 Å². The highest BCUT2D eigenvalue weighted by atomic mass is 19.1. The summed E-state index contributed by atoms with van der Waals surface area (Å²) in [5.74, 6) is 0.874. The van der Waals surface area contributed by atoms with E-state index >= 15 is 0 Å². The standard InChI is InChI=1S/C20H29FN2O2/c1-14(2)20(21)12-23(13-20)17-7-9-22(10-8-17)19(24)16-6-5-15(3)18(11-16)25-4/h5-6,11,14,17H,7-10,12-13H2,1-4H3. The lowest BCUT2D eigenvalue weighted by molar-refractivity contribution is -0.0937. The fourth-order valence-corrected chi connectivity index (χ4v) is 3.82. The second kappa shape index (κ2) is 6.94. The highest BCUT2D eigenvalue weighted by Gasteiger charge is 2.48. The van der Waals surface area contributed by atoms with Gasteiger partial charge < -0.3 is 9.64 Å². The Morgan fingerprint density at radius 2 is 1.92 bits per heavy atom. The van der Waals surface area contributed by atoms with Gasteiger partial charge in [-0.1, -0.05) is 19.9 Å². The minimum absolute atomic E-state index is 0.0578. The van der Waals surface area contributed by atoms with Crippen LogP contribution in [0.25, 0.3) is 0 Å². The maximum atomic E-state index is 14.4. The van der Waals surface area contributed by atoms with Crippen LogP contribution in [-0.2, 0) is 0 Å². The number of hydrogen-bond donors (Lipinski definition) is 0. The zero-order chi connectivity index (χ0) is 18.2. The number of ether oxygens (including phenoxy) is 1. The Kier molecular flexibility index (Phi) is 5.05. The third kappa shape index (κ3) is 3.52. The van der Waals surface area contributed by atoms with Crippen LogP contribution >= 0.6 is 0 Å². The van der Waals surface area contributed by atoms with Crippen LogP contribution in [0.2, 0.25) is 0 Å². The van der Waals surface area contributed by atoms with Gasteiger partial charge in [0, 0.05) is 37.8 Å². The van der Waals surface area contributed by atoms with E-state index in [0.29, 0.717) is 24.7 Å². The molecule has 2 saturated heterocycles. The molecule has 1 aromatic rings. The van der Waals surface area contributed by atoms with E-state index in [-0.39, 0.29) is 11.8 Å². The van der Waals surface area contributed by atoms with E-state index in [1.165, 1.54) is 0 Å². The Hall–Kier alpha value is -1.62. The molecule has 25 heavy (non-hydrogen) atoms. The lowest BCUT2D eigenvalue weighted by Gasteiger charge is -2.52. The van der Waals surface area contributed by atoms with E-state index in [2.05, 4.69) is 4.90 Å². The number of alkyl halides is 1. The van der Waals surface area contributed by atoms with Crippen LogP contribution in [0.5, 0.6) is 5.75 Å². The van der Waals surface area contributed by atoms with Crippen LogP contribution in [0.4, 0.5) is 4.39 Å². The van der Waals surface area contributed by atoms with Gasteiger partial charge in [0.2, 0.25) is 0 Å². The largest absolute Gasteiger partial charge is 0.496 e. The number of likely N-dealkylation sites (tertiary alicyclic amines) is 2. The van der Waals surface area contributed by atoms with Crippen molar-refractivity contribution >= 4 is 5.91 Å². The van der Waals surface area contributed by atoms with Crippen LogP contribution in [-0.4, -0.2) is 60.7 Å². The number of carbonyl (C=O) groups excluding carboxylic acids is 1. The summed E-state index contributed by atoms with van der Waals surface area (Å²) in [6, 6.07) is 6.01. The fourth-order valence-electron chi connectivity index (χ4n) is 3.82. The summed E-state index contributed by atoms with van der Waals surface area (Å²) in [6.07, 6.45) is 1.84. The molecule has 2 fully saturated rings. The summed E-state index contributed by atoms with van der Waals surface area (Å²) in [5.41, 5.74) is 0.675. The SMILES string of the molecule is COc1cc(C(=O)N2CCC(N3CC(F)(C(C)C)C3)CC2)ccc1C. The predicted octanol–water partition coefficient (Wildman–Crippen LogP) is 3.29.